The Hall–Kier alpha value is -1.28. The lowest BCUT2D eigenvalue weighted by Crippen LogP contribution is -2.52. The number of hydrogen-bond acceptors (Lipinski definition) is 6. The molecule has 3 N–H and O–H groups in total. The third kappa shape index (κ3) is 4.47. The number of amides is 2. The minimum absolute atomic E-state index is 0.0295. The van der Waals surface area contributed by atoms with E-state index in [4.69, 9.17) is 9.68 Å². The van der Waals surface area contributed by atoms with Crippen LogP contribution in [0.4, 0.5) is 4.79 Å². The Morgan fingerprint density at radius 3 is 2.88 bits per heavy atom. The number of benzene rings is 1. The van der Waals surface area contributed by atoms with Crippen molar-refractivity contribution in [3.63, 3.8) is 0 Å². The predicted octanol–water partition coefficient (Wildman–Crippen LogP) is 0.606. The van der Waals surface area contributed by atoms with Gasteiger partial charge in [-0.3, -0.25) is 14.8 Å². The Labute approximate surface area is 149 Å². The van der Waals surface area contributed by atoms with Crippen LogP contribution in [0.5, 0.6) is 0 Å². The fourth-order valence-electron chi connectivity index (χ4n) is 3.21. The molecule has 2 saturated heterocycles. The highest BCUT2D eigenvalue weighted by Gasteiger charge is 2.47. The maximum absolute atomic E-state index is 12.6. The summed E-state index contributed by atoms with van der Waals surface area (Å²) >= 11 is 0. The van der Waals surface area contributed by atoms with Gasteiger partial charge in [0.1, 0.15) is 12.8 Å². The van der Waals surface area contributed by atoms with Crippen LogP contribution >= 0.6 is 9.39 Å². The van der Waals surface area contributed by atoms with Gasteiger partial charge in [0.15, 0.2) is 0 Å². The summed E-state index contributed by atoms with van der Waals surface area (Å²) < 4.78 is 0. The van der Waals surface area contributed by atoms with Gasteiger partial charge in [-0.05, 0) is 18.4 Å². The number of piperidine rings is 1. The molecule has 2 bridgehead atoms. The average molecular weight is 368 g/mol. The zero-order valence-corrected chi connectivity index (χ0v) is 15.2. The van der Waals surface area contributed by atoms with Crippen molar-refractivity contribution in [1.29, 1.82) is 0 Å². The van der Waals surface area contributed by atoms with E-state index in [0.717, 1.165) is 12.0 Å². The first-order chi connectivity index (χ1) is 12.2. The number of hydrogen-bond donors (Lipinski definition) is 3. The molecule has 4 atom stereocenters. The lowest BCUT2D eigenvalue weighted by atomic mass is 10.00. The Kier molecular flexibility index (Phi) is 6.58. The van der Waals surface area contributed by atoms with Gasteiger partial charge in [-0.25, -0.2) is 4.79 Å². The zero-order chi connectivity index (χ0) is 17.6. The molecule has 2 aliphatic rings. The molecule has 0 aromatic heterocycles. The SMILES string of the molecule is O=C1N2C[C@@H](CC[C@H]2C(O)NOCCNP)N1OCc1ccccc1. The molecule has 25 heavy (non-hydrogen) atoms. The highest BCUT2D eigenvalue weighted by molar-refractivity contribution is 7.13. The summed E-state index contributed by atoms with van der Waals surface area (Å²) in [5.74, 6) is 0. The van der Waals surface area contributed by atoms with Crippen LogP contribution < -0.4 is 10.6 Å². The minimum Gasteiger partial charge on any atom is -0.374 e. The molecule has 0 saturated carbocycles. The van der Waals surface area contributed by atoms with Gasteiger partial charge in [0, 0.05) is 13.1 Å². The summed E-state index contributed by atoms with van der Waals surface area (Å²) in [4.78, 5) is 25.3. The minimum atomic E-state index is -0.927. The van der Waals surface area contributed by atoms with Crippen molar-refractivity contribution in [1.82, 2.24) is 20.5 Å². The Balaban J connectivity index is 1.53. The molecule has 9 heteroatoms. The van der Waals surface area contributed by atoms with Crippen molar-refractivity contribution < 1.29 is 19.6 Å². The van der Waals surface area contributed by atoms with Gasteiger partial charge < -0.3 is 10.0 Å². The molecule has 8 nitrogen and oxygen atoms in total. The molecule has 138 valence electrons. The molecule has 2 heterocycles. The van der Waals surface area contributed by atoms with E-state index >= 15 is 0 Å². The molecule has 2 fully saturated rings. The van der Waals surface area contributed by atoms with Crippen LogP contribution in [0.15, 0.2) is 30.3 Å². The summed E-state index contributed by atoms with van der Waals surface area (Å²) in [6, 6.07) is 9.26. The first-order valence-electron chi connectivity index (χ1n) is 8.46. The number of fused-ring (bicyclic) bond motifs is 2. The van der Waals surface area contributed by atoms with Crippen LogP contribution in [0.3, 0.4) is 0 Å². The summed E-state index contributed by atoms with van der Waals surface area (Å²) in [5, 5.41) is 14.6. The molecular weight excluding hydrogens is 343 g/mol. The number of rotatable bonds is 9. The number of hydroxylamine groups is 3. The first kappa shape index (κ1) is 18.5. The Morgan fingerprint density at radius 2 is 2.12 bits per heavy atom. The normalized spacial score (nSPS) is 24.0. The molecule has 2 amide bonds. The van der Waals surface area contributed by atoms with E-state index in [0.29, 0.717) is 32.7 Å². The second-order valence-electron chi connectivity index (χ2n) is 6.18. The highest BCUT2D eigenvalue weighted by atomic mass is 31.0. The highest BCUT2D eigenvalue weighted by Crippen LogP contribution is 2.31. The maximum Gasteiger partial charge on any atom is 0.344 e. The van der Waals surface area contributed by atoms with E-state index in [2.05, 4.69) is 20.0 Å². The lowest BCUT2D eigenvalue weighted by Gasteiger charge is -2.33. The number of urea groups is 1. The lowest BCUT2D eigenvalue weighted by molar-refractivity contribution is -0.140. The predicted molar refractivity (Wildman–Crippen MR) is 94.8 cm³/mol. The number of carbonyl (C=O) groups excluding carboxylic acids is 1. The Bertz CT molecular complexity index is 564. The second kappa shape index (κ2) is 8.89. The average Bonchev–Trinajstić information content (AvgIpc) is 2.88. The van der Waals surface area contributed by atoms with Crippen molar-refractivity contribution in [2.24, 2.45) is 0 Å². The number of nitrogens with one attached hydrogen (secondary N) is 2. The van der Waals surface area contributed by atoms with Crippen molar-refractivity contribution in [2.75, 3.05) is 19.7 Å². The van der Waals surface area contributed by atoms with Gasteiger partial charge >= 0.3 is 6.03 Å². The first-order valence-corrected chi connectivity index (χ1v) is 9.04. The largest absolute Gasteiger partial charge is 0.374 e. The van der Waals surface area contributed by atoms with Crippen molar-refractivity contribution in [3.05, 3.63) is 35.9 Å². The fourth-order valence-corrected chi connectivity index (χ4v) is 3.32. The Morgan fingerprint density at radius 1 is 1.32 bits per heavy atom. The van der Waals surface area contributed by atoms with Crippen LogP contribution in [0, 0.1) is 0 Å². The molecule has 0 radical (unpaired) electrons. The van der Waals surface area contributed by atoms with Crippen LogP contribution in [0.1, 0.15) is 18.4 Å². The second-order valence-corrected chi connectivity index (χ2v) is 6.59. The molecule has 0 spiro atoms. The van der Waals surface area contributed by atoms with E-state index in [-0.39, 0.29) is 18.1 Å². The number of nitrogens with zero attached hydrogens (tertiary/aromatic N) is 2. The van der Waals surface area contributed by atoms with E-state index in [1.54, 1.807) is 4.90 Å². The summed E-state index contributed by atoms with van der Waals surface area (Å²) in [5.41, 5.74) is 3.63. The molecule has 2 aliphatic heterocycles. The molecule has 0 aliphatic carbocycles. The monoisotopic (exact) mass is 368 g/mol. The van der Waals surface area contributed by atoms with Crippen molar-refractivity contribution >= 4 is 15.4 Å². The van der Waals surface area contributed by atoms with E-state index in [1.165, 1.54) is 5.06 Å². The van der Waals surface area contributed by atoms with Gasteiger partial charge in [0.25, 0.3) is 0 Å². The van der Waals surface area contributed by atoms with Gasteiger partial charge in [-0.2, -0.15) is 10.5 Å². The maximum atomic E-state index is 12.6. The fraction of sp³-hybridized carbons (Fsp3) is 0.562. The van der Waals surface area contributed by atoms with E-state index in [1.807, 2.05) is 30.3 Å². The molecule has 1 aromatic carbocycles. The molecular formula is C16H25N4O4P. The van der Waals surface area contributed by atoms with E-state index < -0.39 is 6.23 Å². The number of aliphatic hydroxyl groups excluding tert-OH is 1. The van der Waals surface area contributed by atoms with Gasteiger partial charge in [0.2, 0.25) is 0 Å². The van der Waals surface area contributed by atoms with Crippen LogP contribution in [0.2, 0.25) is 0 Å². The summed E-state index contributed by atoms with van der Waals surface area (Å²) in [6.07, 6.45) is 0.553. The summed E-state index contributed by atoms with van der Waals surface area (Å²) in [6.45, 7) is 1.97. The topological polar surface area (TPSA) is 86.3 Å². The third-order valence-electron chi connectivity index (χ3n) is 4.50. The third-order valence-corrected chi connectivity index (χ3v) is 4.79. The van der Waals surface area contributed by atoms with E-state index in [9.17, 15) is 9.90 Å². The molecule has 1 aromatic rings. The van der Waals surface area contributed by atoms with Crippen LogP contribution in [-0.4, -0.2) is 59.1 Å². The van der Waals surface area contributed by atoms with Crippen LogP contribution in [-0.2, 0) is 16.3 Å². The molecule has 3 rings (SSSR count). The van der Waals surface area contributed by atoms with Crippen LogP contribution in [0.25, 0.3) is 0 Å². The van der Waals surface area contributed by atoms with Crippen molar-refractivity contribution in [2.45, 2.75) is 37.8 Å². The van der Waals surface area contributed by atoms with Crippen molar-refractivity contribution in [3.8, 4) is 0 Å². The standard InChI is InChI=1S/C16H25N4O4P/c21-15(18-23-9-8-17-25)14-7-6-13-10-19(14)16(22)20(13)24-11-12-4-2-1-3-5-12/h1-5,13-15,17-18,21H,6-11,25H2/t13-,14+,15?/m1/s1. The van der Waals surface area contributed by atoms with Gasteiger partial charge in [-0.1, -0.05) is 39.7 Å². The quantitative estimate of drug-likeness (QED) is 0.256. The number of carbonyl (C=O) groups is 1. The van der Waals surface area contributed by atoms with Gasteiger partial charge in [-0.15, -0.1) is 0 Å². The summed E-state index contributed by atoms with van der Waals surface area (Å²) in [7, 11) is 2.38. The van der Waals surface area contributed by atoms with Gasteiger partial charge in [0.05, 0.1) is 18.7 Å². The number of aliphatic hydroxyl groups is 1. The molecule has 2 unspecified atom stereocenters. The smallest absolute Gasteiger partial charge is 0.344 e. The zero-order valence-electron chi connectivity index (χ0n) is 14.0.